The minimum Gasteiger partial charge on any atom is -0.351 e. The zero-order valence-corrected chi connectivity index (χ0v) is 10.8. The monoisotopic (exact) mass is 263 g/mol. The highest BCUT2D eigenvalue weighted by Gasteiger charge is 2.12. The molecule has 0 unspecified atom stereocenters. The number of hydrogen-bond acceptors (Lipinski definition) is 3. The van der Waals surface area contributed by atoms with Crippen molar-refractivity contribution in [1.29, 1.82) is 0 Å². The third-order valence-electron chi connectivity index (χ3n) is 2.59. The number of nitrogens with one attached hydrogen (secondary N) is 1. The Morgan fingerprint density at radius 2 is 2.28 bits per heavy atom. The Morgan fingerprint density at radius 1 is 1.50 bits per heavy atom. The summed E-state index contributed by atoms with van der Waals surface area (Å²) in [4.78, 5) is 16.4. The summed E-state index contributed by atoms with van der Waals surface area (Å²) >= 11 is 6.10. The molecule has 2 rings (SSSR count). The van der Waals surface area contributed by atoms with Crippen molar-refractivity contribution >= 4 is 28.4 Å². The Bertz CT molecular complexity index is 598. The lowest BCUT2D eigenvalue weighted by Crippen LogP contribution is -2.29. The van der Waals surface area contributed by atoms with Crippen molar-refractivity contribution in [3.63, 3.8) is 0 Å². The van der Waals surface area contributed by atoms with E-state index in [2.05, 4.69) is 10.3 Å². The molecule has 5 heteroatoms. The van der Waals surface area contributed by atoms with Crippen LogP contribution in [0.15, 0.2) is 24.3 Å². The molecule has 0 aliphatic heterocycles. The summed E-state index contributed by atoms with van der Waals surface area (Å²) in [6, 6.07) is 7.16. The van der Waals surface area contributed by atoms with Crippen molar-refractivity contribution < 1.29 is 4.79 Å². The van der Waals surface area contributed by atoms with Crippen LogP contribution >= 0.6 is 11.6 Å². The average molecular weight is 264 g/mol. The van der Waals surface area contributed by atoms with Gasteiger partial charge in [-0.15, -0.1) is 0 Å². The predicted molar refractivity (Wildman–Crippen MR) is 72.9 cm³/mol. The zero-order chi connectivity index (χ0) is 13.1. The first kappa shape index (κ1) is 12.8. The zero-order valence-electron chi connectivity index (χ0n) is 10.0. The van der Waals surface area contributed by atoms with Crippen LogP contribution in [0, 0.1) is 6.92 Å². The van der Waals surface area contributed by atoms with Crippen molar-refractivity contribution in [3.05, 3.63) is 40.5 Å². The van der Waals surface area contributed by atoms with Crippen LogP contribution in [0.5, 0.6) is 0 Å². The van der Waals surface area contributed by atoms with E-state index in [-0.39, 0.29) is 5.91 Å². The SMILES string of the molecule is Cc1cc(C(=O)NCCN)c2cccc(Cl)c2n1. The Kier molecular flexibility index (Phi) is 3.79. The highest BCUT2D eigenvalue weighted by molar-refractivity contribution is 6.35. The molecule has 1 heterocycles. The molecule has 94 valence electrons. The molecule has 3 N–H and O–H groups in total. The van der Waals surface area contributed by atoms with E-state index in [1.54, 1.807) is 18.2 Å². The molecule has 1 aromatic carbocycles. The fourth-order valence-electron chi connectivity index (χ4n) is 1.81. The fourth-order valence-corrected chi connectivity index (χ4v) is 2.03. The van der Waals surface area contributed by atoms with Gasteiger partial charge in [-0.2, -0.15) is 0 Å². The lowest BCUT2D eigenvalue weighted by molar-refractivity contribution is 0.0956. The summed E-state index contributed by atoms with van der Waals surface area (Å²) < 4.78 is 0. The molecule has 0 aliphatic rings. The number of nitrogens with two attached hydrogens (primary N) is 1. The van der Waals surface area contributed by atoms with Gasteiger partial charge in [-0.3, -0.25) is 9.78 Å². The fraction of sp³-hybridized carbons (Fsp3) is 0.231. The maximum atomic E-state index is 12.0. The molecule has 0 radical (unpaired) electrons. The Hall–Kier alpha value is -1.65. The number of fused-ring (bicyclic) bond motifs is 1. The number of halogens is 1. The molecular formula is C13H14ClN3O. The lowest BCUT2D eigenvalue weighted by atomic mass is 10.1. The van der Waals surface area contributed by atoms with Crippen molar-refractivity contribution in [2.45, 2.75) is 6.92 Å². The molecular weight excluding hydrogens is 250 g/mol. The second-order valence-corrected chi connectivity index (χ2v) is 4.40. The number of benzene rings is 1. The number of carbonyl (C=O) groups is 1. The summed E-state index contributed by atoms with van der Waals surface area (Å²) in [7, 11) is 0. The number of amides is 1. The normalized spacial score (nSPS) is 10.6. The minimum absolute atomic E-state index is 0.154. The topological polar surface area (TPSA) is 68.0 Å². The number of hydrogen-bond donors (Lipinski definition) is 2. The van der Waals surface area contributed by atoms with Gasteiger partial charge in [-0.1, -0.05) is 23.7 Å². The maximum absolute atomic E-state index is 12.0. The van der Waals surface area contributed by atoms with E-state index in [0.717, 1.165) is 11.1 Å². The van der Waals surface area contributed by atoms with Gasteiger partial charge in [0.15, 0.2) is 0 Å². The molecule has 1 aromatic heterocycles. The summed E-state index contributed by atoms with van der Waals surface area (Å²) in [5.41, 5.74) is 7.36. The van der Waals surface area contributed by atoms with Gasteiger partial charge in [0.25, 0.3) is 5.91 Å². The lowest BCUT2D eigenvalue weighted by Gasteiger charge is -2.09. The Labute approximate surface area is 110 Å². The second kappa shape index (κ2) is 5.33. The van der Waals surface area contributed by atoms with E-state index in [0.29, 0.717) is 29.2 Å². The van der Waals surface area contributed by atoms with Crippen molar-refractivity contribution in [2.24, 2.45) is 5.73 Å². The van der Waals surface area contributed by atoms with Gasteiger partial charge in [-0.25, -0.2) is 0 Å². The highest BCUT2D eigenvalue weighted by atomic mass is 35.5. The molecule has 18 heavy (non-hydrogen) atoms. The van der Waals surface area contributed by atoms with Crippen LogP contribution in [0.4, 0.5) is 0 Å². The third-order valence-corrected chi connectivity index (χ3v) is 2.90. The second-order valence-electron chi connectivity index (χ2n) is 3.99. The van der Waals surface area contributed by atoms with Gasteiger partial charge in [-0.05, 0) is 19.1 Å². The van der Waals surface area contributed by atoms with Crippen LogP contribution < -0.4 is 11.1 Å². The number of pyridine rings is 1. The Balaban J connectivity index is 2.56. The Morgan fingerprint density at radius 3 is 3.00 bits per heavy atom. The van der Waals surface area contributed by atoms with Crippen molar-refractivity contribution in [3.8, 4) is 0 Å². The molecule has 0 saturated heterocycles. The number of aryl methyl sites for hydroxylation is 1. The smallest absolute Gasteiger partial charge is 0.252 e. The van der Waals surface area contributed by atoms with Crippen LogP contribution in [-0.2, 0) is 0 Å². The van der Waals surface area contributed by atoms with E-state index in [9.17, 15) is 4.79 Å². The summed E-state index contributed by atoms with van der Waals surface area (Å²) in [6.45, 7) is 2.69. The summed E-state index contributed by atoms with van der Waals surface area (Å²) in [6.07, 6.45) is 0. The van der Waals surface area contributed by atoms with Gasteiger partial charge < -0.3 is 11.1 Å². The first-order chi connectivity index (χ1) is 8.63. The largest absolute Gasteiger partial charge is 0.351 e. The molecule has 0 saturated carbocycles. The van der Waals surface area contributed by atoms with E-state index in [4.69, 9.17) is 17.3 Å². The van der Waals surface area contributed by atoms with E-state index >= 15 is 0 Å². The molecule has 4 nitrogen and oxygen atoms in total. The van der Waals surface area contributed by atoms with E-state index < -0.39 is 0 Å². The minimum atomic E-state index is -0.154. The third kappa shape index (κ3) is 2.44. The van der Waals surface area contributed by atoms with E-state index in [1.165, 1.54) is 0 Å². The number of nitrogens with zero attached hydrogens (tertiary/aromatic N) is 1. The quantitative estimate of drug-likeness (QED) is 0.889. The van der Waals surface area contributed by atoms with Gasteiger partial charge in [0.05, 0.1) is 16.1 Å². The van der Waals surface area contributed by atoms with Gasteiger partial charge >= 0.3 is 0 Å². The average Bonchev–Trinajstić information content (AvgIpc) is 2.36. The van der Waals surface area contributed by atoms with Crippen LogP contribution in [0.1, 0.15) is 16.1 Å². The molecule has 0 bridgehead atoms. The first-order valence-electron chi connectivity index (χ1n) is 5.67. The number of rotatable bonds is 3. The van der Waals surface area contributed by atoms with Crippen LogP contribution in [-0.4, -0.2) is 24.0 Å². The molecule has 0 atom stereocenters. The van der Waals surface area contributed by atoms with Gasteiger partial charge in [0.2, 0.25) is 0 Å². The summed E-state index contributed by atoms with van der Waals surface area (Å²) in [5, 5.41) is 4.05. The highest BCUT2D eigenvalue weighted by Crippen LogP contribution is 2.24. The van der Waals surface area contributed by atoms with Crippen molar-refractivity contribution in [2.75, 3.05) is 13.1 Å². The first-order valence-corrected chi connectivity index (χ1v) is 6.05. The van der Waals surface area contributed by atoms with Crippen LogP contribution in [0.3, 0.4) is 0 Å². The maximum Gasteiger partial charge on any atom is 0.252 e. The van der Waals surface area contributed by atoms with Crippen molar-refractivity contribution in [1.82, 2.24) is 10.3 Å². The molecule has 1 amide bonds. The summed E-state index contributed by atoms with van der Waals surface area (Å²) in [5.74, 6) is -0.154. The molecule has 2 aromatic rings. The van der Waals surface area contributed by atoms with E-state index in [1.807, 2.05) is 13.0 Å². The molecule has 0 aliphatic carbocycles. The van der Waals surface area contributed by atoms with Crippen LogP contribution in [0.25, 0.3) is 10.9 Å². The predicted octanol–water partition coefficient (Wildman–Crippen LogP) is 1.89. The number of para-hydroxylation sites is 1. The number of aromatic nitrogens is 1. The molecule has 0 spiro atoms. The molecule has 0 fully saturated rings. The van der Waals surface area contributed by atoms with Gasteiger partial charge in [0, 0.05) is 24.2 Å². The standard InChI is InChI=1S/C13H14ClN3O/c1-8-7-10(13(18)16-6-5-15)9-3-2-4-11(14)12(9)17-8/h2-4,7H,5-6,15H2,1H3,(H,16,18). The number of carbonyl (C=O) groups excluding carboxylic acids is 1. The van der Waals surface area contributed by atoms with Gasteiger partial charge in [0.1, 0.15) is 0 Å². The van der Waals surface area contributed by atoms with Crippen LogP contribution in [0.2, 0.25) is 5.02 Å².